The maximum absolute atomic E-state index is 10.9. The minimum absolute atomic E-state index is 0.153. The van der Waals surface area contributed by atoms with E-state index in [4.69, 9.17) is 9.52 Å². The SMILES string of the molecule is CC(C)(C)c1nnc(CN2CCC(C(=O)O)C2)o1. The van der Waals surface area contributed by atoms with Gasteiger partial charge in [0.2, 0.25) is 11.8 Å². The molecule has 1 N–H and O–H groups in total. The number of carboxylic acid groups (broad SMARTS) is 1. The number of hydrogen-bond acceptors (Lipinski definition) is 5. The number of aromatic nitrogens is 2. The number of nitrogens with zero attached hydrogens (tertiary/aromatic N) is 3. The summed E-state index contributed by atoms with van der Waals surface area (Å²) >= 11 is 0. The highest BCUT2D eigenvalue weighted by Crippen LogP contribution is 2.22. The number of carbonyl (C=O) groups is 1. The first-order chi connectivity index (χ1) is 8.36. The van der Waals surface area contributed by atoms with Gasteiger partial charge in [-0.15, -0.1) is 10.2 Å². The minimum Gasteiger partial charge on any atom is -0.481 e. The third-order valence-corrected chi connectivity index (χ3v) is 3.09. The molecule has 0 aliphatic carbocycles. The van der Waals surface area contributed by atoms with Crippen molar-refractivity contribution in [3.8, 4) is 0 Å². The Balaban J connectivity index is 1.95. The van der Waals surface area contributed by atoms with Crippen LogP contribution in [0, 0.1) is 5.92 Å². The Kier molecular flexibility index (Phi) is 3.38. The Morgan fingerprint density at radius 2 is 2.22 bits per heavy atom. The first-order valence-electron chi connectivity index (χ1n) is 6.14. The van der Waals surface area contributed by atoms with Crippen LogP contribution in [0.5, 0.6) is 0 Å². The summed E-state index contributed by atoms with van der Waals surface area (Å²) in [5.74, 6) is 0.186. The van der Waals surface area contributed by atoms with Gasteiger partial charge in [0, 0.05) is 12.0 Å². The number of likely N-dealkylation sites (tertiary alicyclic amines) is 1. The Labute approximate surface area is 106 Å². The van der Waals surface area contributed by atoms with Crippen LogP contribution in [0.1, 0.15) is 39.0 Å². The van der Waals surface area contributed by atoms with Gasteiger partial charge >= 0.3 is 5.97 Å². The van der Waals surface area contributed by atoms with Crippen LogP contribution in [0.15, 0.2) is 4.42 Å². The van der Waals surface area contributed by atoms with E-state index in [0.29, 0.717) is 31.3 Å². The largest absolute Gasteiger partial charge is 0.481 e. The van der Waals surface area contributed by atoms with Crippen LogP contribution in [0.25, 0.3) is 0 Å². The Bertz CT molecular complexity index is 436. The van der Waals surface area contributed by atoms with Crippen LogP contribution in [0.2, 0.25) is 0 Å². The van der Waals surface area contributed by atoms with Crippen molar-refractivity contribution >= 4 is 5.97 Å². The highest BCUT2D eigenvalue weighted by molar-refractivity contribution is 5.70. The third kappa shape index (κ3) is 2.87. The smallest absolute Gasteiger partial charge is 0.307 e. The predicted molar refractivity (Wildman–Crippen MR) is 64.0 cm³/mol. The van der Waals surface area contributed by atoms with Gasteiger partial charge in [-0.1, -0.05) is 20.8 Å². The monoisotopic (exact) mass is 253 g/mol. The molecule has 0 amide bonds. The van der Waals surface area contributed by atoms with Crippen LogP contribution >= 0.6 is 0 Å². The molecule has 6 heteroatoms. The molecule has 0 spiro atoms. The van der Waals surface area contributed by atoms with Gasteiger partial charge in [-0.05, 0) is 13.0 Å². The van der Waals surface area contributed by atoms with Crippen LogP contribution in [0.3, 0.4) is 0 Å². The lowest BCUT2D eigenvalue weighted by molar-refractivity contribution is -0.141. The summed E-state index contributed by atoms with van der Waals surface area (Å²) in [4.78, 5) is 12.9. The molecule has 1 aromatic rings. The maximum atomic E-state index is 10.9. The Morgan fingerprint density at radius 3 is 2.72 bits per heavy atom. The van der Waals surface area contributed by atoms with Gasteiger partial charge in [0.05, 0.1) is 12.5 Å². The zero-order chi connectivity index (χ0) is 13.3. The van der Waals surface area contributed by atoms with Crippen molar-refractivity contribution < 1.29 is 14.3 Å². The molecule has 1 unspecified atom stereocenters. The van der Waals surface area contributed by atoms with E-state index in [9.17, 15) is 4.79 Å². The standard InChI is InChI=1S/C12H19N3O3/c1-12(2,3)11-14-13-9(18-11)7-15-5-4-8(6-15)10(16)17/h8H,4-7H2,1-3H3,(H,16,17). The molecule has 0 saturated carbocycles. The average molecular weight is 253 g/mol. The zero-order valence-electron chi connectivity index (χ0n) is 11.0. The summed E-state index contributed by atoms with van der Waals surface area (Å²) in [5.41, 5.74) is -0.153. The molecular weight excluding hydrogens is 234 g/mol. The second-order valence-corrected chi connectivity index (χ2v) is 5.81. The molecule has 1 saturated heterocycles. The van der Waals surface area contributed by atoms with E-state index in [0.717, 1.165) is 6.54 Å². The third-order valence-electron chi connectivity index (χ3n) is 3.09. The van der Waals surface area contributed by atoms with Gasteiger partial charge in [0.25, 0.3) is 0 Å². The van der Waals surface area contributed by atoms with E-state index in [2.05, 4.69) is 10.2 Å². The van der Waals surface area contributed by atoms with Gasteiger partial charge in [0.15, 0.2) is 0 Å². The van der Waals surface area contributed by atoms with Crippen molar-refractivity contribution in [1.82, 2.24) is 15.1 Å². The van der Waals surface area contributed by atoms with Crippen LogP contribution in [-0.4, -0.2) is 39.3 Å². The molecule has 1 fully saturated rings. The second-order valence-electron chi connectivity index (χ2n) is 5.81. The second kappa shape index (κ2) is 4.68. The van der Waals surface area contributed by atoms with Gasteiger partial charge in [-0.25, -0.2) is 0 Å². The van der Waals surface area contributed by atoms with Crippen LogP contribution in [0.4, 0.5) is 0 Å². The fraction of sp³-hybridized carbons (Fsp3) is 0.750. The molecule has 1 aliphatic rings. The highest BCUT2D eigenvalue weighted by atomic mass is 16.4. The summed E-state index contributed by atoms with van der Waals surface area (Å²) in [6, 6.07) is 0. The number of carboxylic acids is 1. The van der Waals surface area contributed by atoms with Crippen LogP contribution < -0.4 is 0 Å². The first kappa shape index (κ1) is 13.0. The topological polar surface area (TPSA) is 79.5 Å². The lowest BCUT2D eigenvalue weighted by Crippen LogP contribution is -2.23. The Morgan fingerprint density at radius 1 is 1.50 bits per heavy atom. The minimum atomic E-state index is -0.724. The van der Waals surface area contributed by atoms with Gasteiger partial charge < -0.3 is 9.52 Å². The number of rotatable bonds is 3. The van der Waals surface area contributed by atoms with Gasteiger partial charge in [-0.2, -0.15) is 0 Å². The molecule has 100 valence electrons. The molecule has 18 heavy (non-hydrogen) atoms. The van der Waals surface area contributed by atoms with E-state index >= 15 is 0 Å². The quantitative estimate of drug-likeness (QED) is 0.874. The average Bonchev–Trinajstić information content (AvgIpc) is 2.85. The van der Waals surface area contributed by atoms with E-state index in [1.165, 1.54) is 0 Å². The van der Waals surface area contributed by atoms with E-state index < -0.39 is 5.97 Å². The zero-order valence-corrected chi connectivity index (χ0v) is 11.0. The Hall–Kier alpha value is -1.43. The molecule has 2 heterocycles. The molecule has 1 aromatic heterocycles. The molecule has 6 nitrogen and oxygen atoms in total. The van der Waals surface area contributed by atoms with Crippen molar-refractivity contribution in [2.24, 2.45) is 5.92 Å². The highest BCUT2D eigenvalue weighted by Gasteiger charge is 2.29. The maximum Gasteiger partial charge on any atom is 0.307 e. The number of aliphatic carboxylic acids is 1. The van der Waals surface area contributed by atoms with E-state index in [1.807, 2.05) is 25.7 Å². The molecule has 0 bridgehead atoms. The summed E-state index contributed by atoms with van der Waals surface area (Å²) in [6.45, 7) is 7.90. The van der Waals surface area contributed by atoms with Crippen molar-refractivity contribution in [1.29, 1.82) is 0 Å². The summed E-state index contributed by atoms with van der Waals surface area (Å²) in [5, 5.41) is 17.0. The number of hydrogen-bond donors (Lipinski definition) is 1. The summed E-state index contributed by atoms with van der Waals surface area (Å²) < 4.78 is 5.59. The van der Waals surface area contributed by atoms with Crippen molar-refractivity contribution in [2.45, 2.75) is 39.2 Å². The van der Waals surface area contributed by atoms with Crippen molar-refractivity contribution in [3.05, 3.63) is 11.8 Å². The summed E-state index contributed by atoms with van der Waals surface area (Å²) in [7, 11) is 0. The van der Waals surface area contributed by atoms with Crippen LogP contribution in [-0.2, 0) is 16.8 Å². The van der Waals surface area contributed by atoms with Crippen molar-refractivity contribution in [3.63, 3.8) is 0 Å². The first-order valence-corrected chi connectivity index (χ1v) is 6.14. The fourth-order valence-electron chi connectivity index (χ4n) is 1.99. The lowest BCUT2D eigenvalue weighted by Gasteiger charge is -2.13. The van der Waals surface area contributed by atoms with E-state index in [-0.39, 0.29) is 11.3 Å². The molecule has 2 rings (SSSR count). The lowest BCUT2D eigenvalue weighted by atomic mass is 9.97. The van der Waals surface area contributed by atoms with E-state index in [1.54, 1.807) is 0 Å². The molecule has 0 radical (unpaired) electrons. The van der Waals surface area contributed by atoms with Crippen molar-refractivity contribution in [2.75, 3.05) is 13.1 Å². The predicted octanol–water partition coefficient (Wildman–Crippen LogP) is 1.27. The van der Waals surface area contributed by atoms with Gasteiger partial charge in [-0.3, -0.25) is 9.69 Å². The fourth-order valence-corrected chi connectivity index (χ4v) is 1.99. The summed E-state index contributed by atoms with van der Waals surface area (Å²) in [6.07, 6.45) is 0.690. The molecule has 1 aliphatic heterocycles. The molecular formula is C12H19N3O3. The molecule has 1 atom stereocenters. The van der Waals surface area contributed by atoms with Gasteiger partial charge in [0.1, 0.15) is 0 Å². The molecule has 0 aromatic carbocycles. The normalized spacial score (nSPS) is 21.4.